The van der Waals surface area contributed by atoms with Crippen molar-refractivity contribution in [2.45, 2.75) is 61.3 Å². The van der Waals surface area contributed by atoms with E-state index in [1.165, 1.54) is 23.7 Å². The van der Waals surface area contributed by atoms with E-state index in [0.29, 0.717) is 5.16 Å². The Balaban J connectivity index is 1.50. The number of thioether (sulfide) groups is 1. The van der Waals surface area contributed by atoms with Crippen LogP contribution in [-0.4, -0.2) is 20.7 Å². The molecule has 1 amide bonds. The lowest BCUT2D eigenvalue weighted by molar-refractivity contribution is -0.115. The number of hydrogen-bond acceptors (Lipinski definition) is 4. The molecule has 4 aromatic rings. The van der Waals surface area contributed by atoms with Crippen LogP contribution in [0.15, 0.2) is 94.9 Å². The first-order chi connectivity index (χ1) is 18.6. The molecule has 2 aliphatic rings. The van der Waals surface area contributed by atoms with Crippen LogP contribution in [0.2, 0.25) is 0 Å². The van der Waals surface area contributed by atoms with Crippen molar-refractivity contribution in [1.82, 2.24) is 9.55 Å². The molecule has 1 N–H and O–H groups in total. The fraction of sp³-hybridized carbons (Fsp3) is 0.281. The Hall–Kier alpha value is -3.64. The Kier molecular flexibility index (Phi) is 6.66. The molecule has 6 rings (SSSR count). The van der Waals surface area contributed by atoms with Crippen molar-refractivity contribution in [2.24, 2.45) is 0 Å². The maximum atomic E-state index is 14.6. The summed E-state index contributed by atoms with van der Waals surface area (Å²) in [6.45, 7) is 1.86. The number of aromatic nitrogens is 2. The quantitative estimate of drug-likeness (QED) is 0.232. The molecule has 1 atom stereocenters. The molecule has 0 radical (unpaired) electrons. The second-order valence-corrected chi connectivity index (χ2v) is 11.7. The summed E-state index contributed by atoms with van der Waals surface area (Å²) in [5.41, 5.74) is 5.27. The topological polar surface area (TPSA) is 64.0 Å². The van der Waals surface area contributed by atoms with Gasteiger partial charge in [-0.2, -0.15) is 0 Å². The molecule has 1 spiro atoms. The monoisotopic (exact) mass is 521 g/mol. The van der Waals surface area contributed by atoms with Gasteiger partial charge in [0.1, 0.15) is 0 Å². The first kappa shape index (κ1) is 24.7. The summed E-state index contributed by atoms with van der Waals surface area (Å²) in [6.07, 6.45) is 6.34. The summed E-state index contributed by atoms with van der Waals surface area (Å²) in [5, 5.41) is 3.06. The van der Waals surface area contributed by atoms with Crippen molar-refractivity contribution in [3.63, 3.8) is 0 Å². The van der Waals surface area contributed by atoms with E-state index in [0.717, 1.165) is 60.3 Å². The van der Waals surface area contributed by atoms with Crippen LogP contribution in [0.5, 0.6) is 0 Å². The number of nitrogens with zero attached hydrogens (tertiary/aromatic N) is 2. The van der Waals surface area contributed by atoms with Gasteiger partial charge in [0, 0.05) is 16.7 Å². The highest BCUT2D eigenvalue weighted by atomic mass is 32.2. The molecule has 2 aliphatic carbocycles. The van der Waals surface area contributed by atoms with Crippen LogP contribution in [0, 0.1) is 0 Å². The highest BCUT2D eigenvalue weighted by Gasteiger charge is 2.43. The molecule has 0 bridgehead atoms. The van der Waals surface area contributed by atoms with E-state index in [1.807, 2.05) is 73.7 Å². The number of hydrogen-bond donors (Lipinski definition) is 1. The van der Waals surface area contributed by atoms with E-state index in [2.05, 4.69) is 23.5 Å². The zero-order valence-electron chi connectivity index (χ0n) is 21.5. The van der Waals surface area contributed by atoms with Crippen LogP contribution in [-0.2, 0) is 16.6 Å². The van der Waals surface area contributed by atoms with Gasteiger partial charge in [-0.25, -0.2) is 4.98 Å². The zero-order valence-corrected chi connectivity index (χ0v) is 22.3. The number of nitrogens with one attached hydrogen (secondary N) is 1. The molecule has 0 saturated heterocycles. The fourth-order valence-electron chi connectivity index (χ4n) is 6.05. The summed E-state index contributed by atoms with van der Waals surface area (Å²) in [4.78, 5) is 32.9. The number of rotatable bonds is 5. The van der Waals surface area contributed by atoms with Gasteiger partial charge >= 0.3 is 0 Å². The number of para-hydroxylation sites is 2. The maximum absolute atomic E-state index is 14.6. The maximum Gasteiger partial charge on any atom is 0.263 e. The van der Waals surface area contributed by atoms with Crippen LogP contribution in [0.1, 0.15) is 50.2 Å². The van der Waals surface area contributed by atoms with Gasteiger partial charge in [0.2, 0.25) is 5.91 Å². The average Bonchev–Trinajstić information content (AvgIpc) is 2.94. The molecule has 38 heavy (non-hydrogen) atoms. The minimum atomic E-state index is -0.461. The number of benzene rings is 3. The summed E-state index contributed by atoms with van der Waals surface area (Å²) < 4.78 is 1.74. The first-order valence-electron chi connectivity index (χ1n) is 13.4. The lowest BCUT2D eigenvalue weighted by Crippen LogP contribution is -2.43. The van der Waals surface area contributed by atoms with E-state index in [4.69, 9.17) is 4.98 Å². The summed E-state index contributed by atoms with van der Waals surface area (Å²) >= 11 is 1.33. The molecule has 192 valence electrons. The van der Waals surface area contributed by atoms with E-state index in [1.54, 1.807) is 4.57 Å². The van der Waals surface area contributed by atoms with Crippen molar-refractivity contribution in [3.05, 3.63) is 106 Å². The molecule has 1 aromatic heterocycles. The molecule has 0 aliphatic heterocycles. The van der Waals surface area contributed by atoms with Crippen molar-refractivity contribution >= 4 is 23.4 Å². The fourth-order valence-corrected chi connectivity index (χ4v) is 6.97. The van der Waals surface area contributed by atoms with Crippen LogP contribution in [0.4, 0.5) is 5.69 Å². The van der Waals surface area contributed by atoms with Gasteiger partial charge < -0.3 is 5.32 Å². The van der Waals surface area contributed by atoms with Crippen molar-refractivity contribution in [2.75, 3.05) is 5.32 Å². The van der Waals surface area contributed by atoms with Crippen molar-refractivity contribution in [1.29, 1.82) is 0 Å². The van der Waals surface area contributed by atoms with E-state index < -0.39 is 5.25 Å². The Bertz CT molecular complexity index is 1530. The lowest BCUT2D eigenvalue weighted by Gasteiger charge is -2.42. The number of carbonyl (C=O) groups is 1. The van der Waals surface area contributed by atoms with Crippen molar-refractivity contribution in [3.8, 4) is 16.9 Å². The Morgan fingerprint density at radius 3 is 2.32 bits per heavy atom. The molecule has 1 heterocycles. The van der Waals surface area contributed by atoms with Gasteiger partial charge in [0.15, 0.2) is 5.16 Å². The van der Waals surface area contributed by atoms with E-state index in [9.17, 15) is 9.59 Å². The van der Waals surface area contributed by atoms with Crippen LogP contribution in [0.25, 0.3) is 16.9 Å². The molecule has 6 heteroatoms. The van der Waals surface area contributed by atoms with Gasteiger partial charge in [-0.15, -0.1) is 0 Å². The zero-order chi connectivity index (χ0) is 26.1. The second-order valence-electron chi connectivity index (χ2n) is 10.4. The summed E-state index contributed by atoms with van der Waals surface area (Å²) in [7, 11) is 0. The Morgan fingerprint density at radius 2 is 1.58 bits per heavy atom. The van der Waals surface area contributed by atoms with E-state index >= 15 is 0 Å². The molecule has 3 aromatic carbocycles. The van der Waals surface area contributed by atoms with E-state index in [-0.39, 0.29) is 16.9 Å². The molecule has 5 nitrogen and oxygen atoms in total. The number of amides is 1. The number of fused-ring (bicyclic) bond motifs is 4. The van der Waals surface area contributed by atoms with Crippen molar-refractivity contribution < 1.29 is 4.79 Å². The highest BCUT2D eigenvalue weighted by molar-refractivity contribution is 8.00. The average molecular weight is 522 g/mol. The minimum absolute atomic E-state index is 0.00392. The molecule has 0 unspecified atom stereocenters. The van der Waals surface area contributed by atoms with Crippen LogP contribution < -0.4 is 10.9 Å². The second kappa shape index (κ2) is 10.3. The van der Waals surface area contributed by atoms with Gasteiger partial charge in [0.05, 0.1) is 22.2 Å². The molecule has 1 saturated carbocycles. The Morgan fingerprint density at radius 1 is 0.921 bits per heavy atom. The van der Waals surface area contributed by atoms with Gasteiger partial charge in [0.25, 0.3) is 5.56 Å². The third-order valence-electron chi connectivity index (χ3n) is 7.90. The predicted octanol–water partition coefficient (Wildman–Crippen LogP) is 6.78. The van der Waals surface area contributed by atoms with Crippen LogP contribution >= 0.6 is 11.8 Å². The Labute approximate surface area is 227 Å². The molecule has 1 fully saturated rings. The summed E-state index contributed by atoms with van der Waals surface area (Å²) in [5.74, 6) is -0.128. The molecular formula is C32H31N3O2S. The van der Waals surface area contributed by atoms with Gasteiger partial charge in [-0.3, -0.25) is 14.2 Å². The first-order valence-corrected chi connectivity index (χ1v) is 14.3. The number of carbonyl (C=O) groups excluding carboxylic acids is 1. The normalized spacial score (nSPS) is 16.3. The predicted molar refractivity (Wildman–Crippen MR) is 154 cm³/mol. The lowest BCUT2D eigenvalue weighted by atomic mass is 9.62. The third-order valence-corrected chi connectivity index (χ3v) is 8.95. The van der Waals surface area contributed by atoms with Gasteiger partial charge in [-0.05, 0) is 56.0 Å². The van der Waals surface area contributed by atoms with Crippen LogP contribution in [0.3, 0.4) is 0 Å². The largest absolute Gasteiger partial charge is 0.325 e. The summed E-state index contributed by atoms with van der Waals surface area (Å²) in [6, 6.07) is 27.5. The SMILES string of the molecule is C[C@@H](Sc1nc2c(c(=O)n1-c1ccccc1)C1(CCCCC1)Cc1ccccc1-2)C(=O)Nc1ccccc1. The molecular weight excluding hydrogens is 490 g/mol. The van der Waals surface area contributed by atoms with Gasteiger partial charge in [-0.1, -0.05) is 91.7 Å². The standard InChI is InChI=1S/C32H31N3O2S/c1-22(29(36)33-24-14-5-2-6-15-24)38-31-34-28-26-18-10-9-13-23(26)21-32(19-11-4-12-20-32)27(28)30(37)35(31)25-16-7-3-8-17-25/h2-3,5-10,13-18,22H,4,11-12,19-21H2,1H3,(H,33,36)/t22-/m1/s1. The minimum Gasteiger partial charge on any atom is -0.325 e. The third kappa shape index (κ3) is 4.47. The number of anilines is 1. The highest BCUT2D eigenvalue weighted by Crippen LogP contribution is 2.49. The smallest absolute Gasteiger partial charge is 0.263 e.